The van der Waals surface area contributed by atoms with Gasteiger partial charge in [-0.25, -0.2) is 9.59 Å². The molecule has 0 bridgehead atoms. The maximum absolute atomic E-state index is 12.1. The van der Waals surface area contributed by atoms with E-state index in [-0.39, 0.29) is 6.04 Å². The van der Waals surface area contributed by atoms with Crippen LogP contribution in [-0.2, 0) is 9.53 Å². The molecule has 0 fully saturated rings. The van der Waals surface area contributed by atoms with Crippen LogP contribution in [0.1, 0.15) is 24.2 Å². The lowest BCUT2D eigenvalue weighted by atomic mass is 10.1. The first kappa shape index (κ1) is 16.5. The van der Waals surface area contributed by atoms with Gasteiger partial charge in [-0.3, -0.25) is 10.1 Å². The quantitative estimate of drug-likeness (QED) is 0.848. The maximum Gasteiger partial charge on any atom is 0.339 e. The van der Waals surface area contributed by atoms with Gasteiger partial charge in [0.1, 0.15) is 0 Å². The van der Waals surface area contributed by atoms with Gasteiger partial charge in [-0.15, -0.1) is 0 Å². The molecule has 0 aliphatic carbocycles. The van der Waals surface area contributed by atoms with Gasteiger partial charge in [-0.2, -0.15) is 0 Å². The number of rotatable bonds is 4. The summed E-state index contributed by atoms with van der Waals surface area (Å²) in [5.41, 5.74) is 0.377. The number of esters is 1. The van der Waals surface area contributed by atoms with Crippen molar-refractivity contribution in [2.75, 3.05) is 6.61 Å². The second-order valence-corrected chi connectivity index (χ2v) is 5.28. The zero-order valence-corrected chi connectivity index (χ0v) is 13.0. The van der Waals surface area contributed by atoms with E-state index in [1.165, 1.54) is 0 Å². The Morgan fingerprint density at radius 2 is 1.74 bits per heavy atom. The van der Waals surface area contributed by atoms with E-state index in [0.717, 1.165) is 10.8 Å². The Kier molecular flexibility index (Phi) is 5.30. The summed E-state index contributed by atoms with van der Waals surface area (Å²) in [5, 5.41) is 6.25. The Labute approximate surface area is 133 Å². The minimum absolute atomic E-state index is 0.0963. The predicted octanol–water partition coefficient (Wildman–Crippen LogP) is 2.23. The molecule has 2 aromatic rings. The van der Waals surface area contributed by atoms with Gasteiger partial charge < -0.3 is 10.1 Å². The number of urea groups is 1. The maximum atomic E-state index is 12.1. The number of carbonyl (C=O) groups excluding carboxylic acids is 3. The van der Waals surface area contributed by atoms with Crippen LogP contribution in [0.5, 0.6) is 0 Å². The first-order valence-electron chi connectivity index (χ1n) is 7.22. The second-order valence-electron chi connectivity index (χ2n) is 5.28. The first-order valence-corrected chi connectivity index (χ1v) is 7.22. The van der Waals surface area contributed by atoms with Crippen LogP contribution in [0.4, 0.5) is 4.79 Å². The summed E-state index contributed by atoms with van der Waals surface area (Å²) in [6.45, 7) is 3.02. The highest BCUT2D eigenvalue weighted by atomic mass is 16.5. The van der Waals surface area contributed by atoms with Crippen molar-refractivity contribution in [3.63, 3.8) is 0 Å². The topological polar surface area (TPSA) is 84.5 Å². The van der Waals surface area contributed by atoms with Crippen LogP contribution in [0.25, 0.3) is 10.8 Å². The van der Waals surface area contributed by atoms with E-state index in [1.807, 2.05) is 30.3 Å². The number of benzene rings is 2. The summed E-state index contributed by atoms with van der Waals surface area (Å²) in [6.07, 6.45) is 0. The lowest BCUT2D eigenvalue weighted by molar-refractivity contribution is -0.123. The fraction of sp³-hybridized carbons (Fsp3) is 0.235. The molecule has 0 unspecified atom stereocenters. The van der Waals surface area contributed by atoms with Gasteiger partial charge in [0.2, 0.25) is 0 Å². The monoisotopic (exact) mass is 314 g/mol. The molecule has 0 radical (unpaired) electrons. The van der Waals surface area contributed by atoms with Crippen LogP contribution in [0, 0.1) is 0 Å². The van der Waals surface area contributed by atoms with Crippen LogP contribution in [0.3, 0.4) is 0 Å². The van der Waals surface area contributed by atoms with Crippen LogP contribution < -0.4 is 10.6 Å². The number of ether oxygens (including phenoxy) is 1. The zero-order valence-electron chi connectivity index (χ0n) is 13.0. The molecule has 0 aromatic heterocycles. The molecule has 2 aromatic carbocycles. The summed E-state index contributed by atoms with van der Waals surface area (Å²) in [7, 11) is 0. The van der Waals surface area contributed by atoms with Crippen LogP contribution in [0.2, 0.25) is 0 Å². The normalized spacial score (nSPS) is 10.4. The summed E-state index contributed by atoms with van der Waals surface area (Å²) >= 11 is 0. The SMILES string of the molecule is CC(C)NC(=O)NC(=O)COC(=O)c1cccc2ccccc12. The minimum Gasteiger partial charge on any atom is -0.452 e. The number of hydrogen-bond donors (Lipinski definition) is 2. The van der Waals surface area contributed by atoms with E-state index in [2.05, 4.69) is 10.6 Å². The largest absolute Gasteiger partial charge is 0.452 e. The average molecular weight is 314 g/mol. The van der Waals surface area contributed by atoms with Gasteiger partial charge in [0.05, 0.1) is 5.56 Å². The Morgan fingerprint density at radius 3 is 2.48 bits per heavy atom. The summed E-state index contributed by atoms with van der Waals surface area (Å²) in [6, 6.07) is 11.9. The van der Waals surface area contributed by atoms with Gasteiger partial charge in [-0.1, -0.05) is 36.4 Å². The van der Waals surface area contributed by atoms with E-state index < -0.39 is 24.5 Å². The van der Waals surface area contributed by atoms with Crippen molar-refractivity contribution in [1.82, 2.24) is 10.6 Å². The van der Waals surface area contributed by atoms with E-state index in [0.29, 0.717) is 5.56 Å². The number of amides is 3. The molecule has 0 atom stereocenters. The number of fused-ring (bicyclic) bond motifs is 1. The lowest BCUT2D eigenvalue weighted by Gasteiger charge is -2.10. The summed E-state index contributed by atoms with van der Waals surface area (Å²) in [4.78, 5) is 35.1. The van der Waals surface area contributed by atoms with Gasteiger partial charge >= 0.3 is 12.0 Å². The fourth-order valence-corrected chi connectivity index (χ4v) is 2.07. The van der Waals surface area contributed by atoms with Gasteiger partial charge in [-0.05, 0) is 30.7 Å². The Hall–Kier alpha value is -2.89. The van der Waals surface area contributed by atoms with Crippen molar-refractivity contribution in [2.45, 2.75) is 19.9 Å². The van der Waals surface area contributed by atoms with E-state index in [9.17, 15) is 14.4 Å². The van der Waals surface area contributed by atoms with Gasteiger partial charge in [0, 0.05) is 6.04 Å². The molecule has 23 heavy (non-hydrogen) atoms. The third kappa shape index (κ3) is 4.54. The highest BCUT2D eigenvalue weighted by molar-refractivity contribution is 6.05. The highest BCUT2D eigenvalue weighted by Gasteiger charge is 2.14. The van der Waals surface area contributed by atoms with Crippen molar-refractivity contribution < 1.29 is 19.1 Å². The molecule has 0 heterocycles. The molecule has 0 saturated heterocycles. The van der Waals surface area contributed by atoms with Crippen LogP contribution in [0.15, 0.2) is 42.5 Å². The van der Waals surface area contributed by atoms with Crippen LogP contribution in [-0.4, -0.2) is 30.6 Å². The van der Waals surface area contributed by atoms with Crippen molar-refractivity contribution in [2.24, 2.45) is 0 Å². The molecule has 120 valence electrons. The predicted molar refractivity (Wildman–Crippen MR) is 86.0 cm³/mol. The number of nitrogens with one attached hydrogen (secondary N) is 2. The third-order valence-electron chi connectivity index (χ3n) is 3.02. The molecule has 0 spiro atoms. The van der Waals surface area contributed by atoms with Crippen molar-refractivity contribution in [1.29, 1.82) is 0 Å². The molecular weight excluding hydrogens is 296 g/mol. The summed E-state index contributed by atoms with van der Waals surface area (Å²) in [5.74, 6) is -1.29. The number of carbonyl (C=O) groups is 3. The third-order valence-corrected chi connectivity index (χ3v) is 3.02. The highest BCUT2D eigenvalue weighted by Crippen LogP contribution is 2.19. The Morgan fingerprint density at radius 1 is 1.04 bits per heavy atom. The molecule has 2 rings (SSSR count). The van der Waals surface area contributed by atoms with Crippen molar-refractivity contribution in [3.05, 3.63) is 48.0 Å². The lowest BCUT2D eigenvalue weighted by Crippen LogP contribution is -2.44. The molecular formula is C17H18N2O4. The average Bonchev–Trinajstić information content (AvgIpc) is 2.51. The van der Waals surface area contributed by atoms with Crippen molar-refractivity contribution in [3.8, 4) is 0 Å². The van der Waals surface area contributed by atoms with Crippen LogP contribution >= 0.6 is 0 Å². The van der Waals surface area contributed by atoms with E-state index >= 15 is 0 Å². The first-order chi connectivity index (χ1) is 11.0. The van der Waals surface area contributed by atoms with Gasteiger partial charge in [0.15, 0.2) is 6.61 Å². The van der Waals surface area contributed by atoms with Crippen molar-refractivity contribution >= 4 is 28.7 Å². The number of imide groups is 1. The zero-order chi connectivity index (χ0) is 16.8. The Balaban J connectivity index is 1.96. The molecule has 0 aliphatic rings. The Bertz CT molecular complexity index is 735. The minimum atomic E-state index is -0.684. The molecule has 2 N–H and O–H groups in total. The summed E-state index contributed by atoms with van der Waals surface area (Å²) < 4.78 is 4.97. The molecule has 0 aliphatic heterocycles. The molecule has 6 nitrogen and oxygen atoms in total. The molecule has 0 saturated carbocycles. The second kappa shape index (κ2) is 7.40. The van der Waals surface area contributed by atoms with Gasteiger partial charge in [0.25, 0.3) is 5.91 Å². The fourth-order valence-electron chi connectivity index (χ4n) is 2.07. The smallest absolute Gasteiger partial charge is 0.339 e. The number of hydrogen-bond acceptors (Lipinski definition) is 4. The molecule has 3 amide bonds. The van der Waals surface area contributed by atoms with E-state index in [1.54, 1.807) is 26.0 Å². The standard InChI is InChI=1S/C17H18N2O4/c1-11(2)18-17(22)19-15(20)10-23-16(21)14-9-5-7-12-6-3-4-8-13(12)14/h3-9,11H,10H2,1-2H3,(H2,18,19,20,22). The van der Waals surface area contributed by atoms with E-state index in [4.69, 9.17) is 4.74 Å². The molecule has 6 heteroatoms.